The van der Waals surface area contributed by atoms with Gasteiger partial charge in [-0.25, -0.2) is 4.39 Å². The number of nitro groups is 1. The minimum atomic E-state index is -0.461. The van der Waals surface area contributed by atoms with E-state index in [-0.39, 0.29) is 11.5 Å². The van der Waals surface area contributed by atoms with Crippen LogP contribution in [0.1, 0.15) is 11.1 Å². The number of hydrogen-bond acceptors (Lipinski definition) is 3. The molecule has 1 aliphatic rings. The van der Waals surface area contributed by atoms with Crippen molar-refractivity contribution in [3.63, 3.8) is 0 Å². The molecule has 2 aromatic rings. The number of nitrogens with zero attached hydrogens (tertiary/aromatic N) is 1. The molecule has 0 unspecified atom stereocenters. The highest BCUT2D eigenvalue weighted by Gasteiger charge is 2.22. The highest BCUT2D eigenvalue weighted by atomic mass is 79.9. The maximum Gasteiger partial charge on any atom is 0.269 e. The molecule has 19 heavy (non-hydrogen) atoms. The van der Waals surface area contributed by atoms with Gasteiger partial charge >= 0.3 is 0 Å². The molecule has 0 fully saturated rings. The van der Waals surface area contributed by atoms with E-state index in [0.717, 1.165) is 0 Å². The lowest BCUT2D eigenvalue weighted by Gasteiger charge is -2.21. The van der Waals surface area contributed by atoms with Crippen molar-refractivity contribution in [3.05, 3.63) is 61.9 Å². The van der Waals surface area contributed by atoms with Gasteiger partial charge in [0.15, 0.2) is 0 Å². The maximum atomic E-state index is 13.3. The third-order valence-corrected chi connectivity index (χ3v) is 3.52. The van der Waals surface area contributed by atoms with Crippen LogP contribution in [0.4, 0.5) is 10.1 Å². The Morgan fingerprint density at radius 2 is 2.05 bits per heavy atom. The van der Waals surface area contributed by atoms with Gasteiger partial charge in [-0.15, -0.1) is 0 Å². The van der Waals surface area contributed by atoms with E-state index in [4.69, 9.17) is 4.74 Å². The molecule has 0 amide bonds. The van der Waals surface area contributed by atoms with Gasteiger partial charge in [0, 0.05) is 29.7 Å². The van der Waals surface area contributed by atoms with Crippen LogP contribution < -0.4 is 4.74 Å². The fourth-order valence-electron chi connectivity index (χ4n) is 2.09. The molecule has 0 saturated carbocycles. The van der Waals surface area contributed by atoms with Crippen molar-refractivity contribution >= 4 is 21.6 Å². The van der Waals surface area contributed by atoms with Crippen LogP contribution in [0.25, 0.3) is 0 Å². The van der Waals surface area contributed by atoms with E-state index in [0.29, 0.717) is 33.5 Å². The zero-order valence-corrected chi connectivity index (χ0v) is 11.1. The second kappa shape index (κ2) is 4.31. The first-order valence-corrected chi connectivity index (χ1v) is 6.27. The molecule has 0 atom stereocenters. The number of non-ortho nitro benzene ring substituents is 1. The zero-order valence-electron chi connectivity index (χ0n) is 9.52. The average Bonchev–Trinajstić information content (AvgIpc) is 2.35. The van der Waals surface area contributed by atoms with Gasteiger partial charge in [-0.2, -0.15) is 0 Å². The molecule has 6 heteroatoms. The molecule has 0 aromatic heterocycles. The predicted molar refractivity (Wildman–Crippen MR) is 70.1 cm³/mol. The zero-order chi connectivity index (χ0) is 13.6. The maximum absolute atomic E-state index is 13.3. The van der Waals surface area contributed by atoms with Gasteiger partial charge in [-0.3, -0.25) is 10.1 Å². The monoisotopic (exact) mass is 323 g/mol. The molecular weight excluding hydrogens is 317 g/mol. The first-order valence-electron chi connectivity index (χ1n) is 5.47. The summed E-state index contributed by atoms with van der Waals surface area (Å²) >= 11 is 3.25. The highest BCUT2D eigenvalue weighted by Crippen LogP contribution is 2.42. The van der Waals surface area contributed by atoms with Crippen molar-refractivity contribution in [2.75, 3.05) is 0 Å². The summed E-state index contributed by atoms with van der Waals surface area (Å²) in [5.41, 5.74) is 1.35. The smallest absolute Gasteiger partial charge is 0.269 e. The number of benzene rings is 2. The number of fused-ring (bicyclic) bond motifs is 2. The highest BCUT2D eigenvalue weighted by molar-refractivity contribution is 9.10. The minimum absolute atomic E-state index is 0.00117. The lowest BCUT2D eigenvalue weighted by molar-refractivity contribution is -0.384. The largest absolute Gasteiger partial charge is 0.456 e. The first-order chi connectivity index (χ1) is 9.04. The Balaban J connectivity index is 2.09. The van der Waals surface area contributed by atoms with Gasteiger partial charge in [-0.1, -0.05) is 0 Å². The molecule has 0 radical (unpaired) electrons. The Morgan fingerprint density at radius 3 is 2.79 bits per heavy atom. The molecule has 4 nitrogen and oxygen atoms in total. The SMILES string of the molecule is O=[N+]([O-])c1ccc2c(c1)Cc1cc(F)cc(Br)c1O2. The molecule has 0 aliphatic carbocycles. The lowest BCUT2D eigenvalue weighted by Crippen LogP contribution is -2.05. The molecule has 0 spiro atoms. The van der Waals surface area contributed by atoms with E-state index in [9.17, 15) is 14.5 Å². The summed E-state index contributed by atoms with van der Waals surface area (Å²) in [7, 11) is 0. The molecule has 0 N–H and O–H groups in total. The van der Waals surface area contributed by atoms with Crippen molar-refractivity contribution in [1.29, 1.82) is 0 Å². The van der Waals surface area contributed by atoms with Crippen LogP contribution in [0, 0.1) is 15.9 Å². The van der Waals surface area contributed by atoms with E-state index >= 15 is 0 Å². The van der Waals surface area contributed by atoms with Crippen molar-refractivity contribution in [2.45, 2.75) is 6.42 Å². The van der Waals surface area contributed by atoms with Crippen LogP contribution in [-0.4, -0.2) is 4.92 Å². The molecule has 1 aliphatic heterocycles. The molecule has 0 bridgehead atoms. The van der Waals surface area contributed by atoms with Crippen molar-refractivity contribution in [1.82, 2.24) is 0 Å². The van der Waals surface area contributed by atoms with Crippen LogP contribution in [0.2, 0.25) is 0 Å². The van der Waals surface area contributed by atoms with Gasteiger partial charge in [-0.05, 0) is 34.1 Å². The molecule has 3 rings (SSSR count). The second-order valence-electron chi connectivity index (χ2n) is 4.20. The Hall–Kier alpha value is -1.95. The molecule has 96 valence electrons. The van der Waals surface area contributed by atoms with Crippen LogP contribution in [-0.2, 0) is 6.42 Å². The summed E-state index contributed by atoms with van der Waals surface area (Å²) in [6, 6.07) is 7.11. The summed E-state index contributed by atoms with van der Waals surface area (Å²) in [5.74, 6) is 0.747. The summed E-state index contributed by atoms with van der Waals surface area (Å²) in [4.78, 5) is 10.3. The number of rotatable bonds is 1. The first kappa shape index (κ1) is 12.1. The summed E-state index contributed by atoms with van der Waals surface area (Å²) in [6.07, 6.45) is 0.405. The van der Waals surface area contributed by atoms with Crippen LogP contribution in [0.3, 0.4) is 0 Å². The van der Waals surface area contributed by atoms with Gasteiger partial charge in [0.05, 0.1) is 9.40 Å². The van der Waals surface area contributed by atoms with E-state index in [1.807, 2.05) is 0 Å². The molecule has 0 saturated heterocycles. The number of nitro benzene ring substituents is 1. The fraction of sp³-hybridized carbons (Fsp3) is 0.0769. The van der Waals surface area contributed by atoms with Gasteiger partial charge in [0.2, 0.25) is 0 Å². The van der Waals surface area contributed by atoms with Gasteiger partial charge in [0.25, 0.3) is 5.69 Å². The van der Waals surface area contributed by atoms with E-state index in [1.165, 1.54) is 24.3 Å². The third kappa shape index (κ3) is 2.08. The third-order valence-electron chi connectivity index (χ3n) is 2.93. The Morgan fingerprint density at radius 1 is 1.26 bits per heavy atom. The van der Waals surface area contributed by atoms with Crippen molar-refractivity contribution < 1.29 is 14.1 Å². The standard InChI is InChI=1S/C13H7BrFNO3/c14-11-6-9(15)4-8-3-7-5-10(16(17)18)1-2-12(7)19-13(8)11/h1-2,4-6H,3H2. The topological polar surface area (TPSA) is 52.4 Å². The summed E-state index contributed by atoms with van der Waals surface area (Å²) in [5, 5.41) is 10.7. The van der Waals surface area contributed by atoms with E-state index in [1.54, 1.807) is 6.07 Å². The van der Waals surface area contributed by atoms with Crippen LogP contribution in [0.5, 0.6) is 11.5 Å². The number of ether oxygens (including phenoxy) is 1. The van der Waals surface area contributed by atoms with E-state index < -0.39 is 4.92 Å². The Labute approximate surface area is 116 Å². The fourth-order valence-corrected chi connectivity index (χ4v) is 2.65. The number of halogens is 2. The van der Waals surface area contributed by atoms with Crippen LogP contribution >= 0.6 is 15.9 Å². The number of hydrogen-bond donors (Lipinski definition) is 0. The summed E-state index contributed by atoms with van der Waals surface area (Å²) in [6.45, 7) is 0. The van der Waals surface area contributed by atoms with E-state index in [2.05, 4.69) is 15.9 Å². The Kier molecular flexibility index (Phi) is 2.74. The molecule has 1 heterocycles. The van der Waals surface area contributed by atoms with Crippen molar-refractivity contribution in [2.24, 2.45) is 0 Å². The molecule has 2 aromatic carbocycles. The Bertz CT molecular complexity index is 703. The normalized spacial score (nSPS) is 12.3. The summed E-state index contributed by atoms with van der Waals surface area (Å²) < 4.78 is 19.5. The van der Waals surface area contributed by atoms with Gasteiger partial charge < -0.3 is 4.74 Å². The minimum Gasteiger partial charge on any atom is -0.456 e. The lowest BCUT2D eigenvalue weighted by atomic mass is 10.00. The average molecular weight is 324 g/mol. The predicted octanol–water partition coefficient (Wildman–Crippen LogP) is 4.19. The van der Waals surface area contributed by atoms with Gasteiger partial charge in [0.1, 0.15) is 17.3 Å². The second-order valence-corrected chi connectivity index (χ2v) is 5.06. The van der Waals surface area contributed by atoms with Crippen LogP contribution in [0.15, 0.2) is 34.8 Å². The van der Waals surface area contributed by atoms with Crippen molar-refractivity contribution in [3.8, 4) is 11.5 Å². The quantitative estimate of drug-likeness (QED) is 0.498. The molecular formula is C13H7BrFNO3.